The van der Waals surface area contributed by atoms with Gasteiger partial charge in [0.2, 0.25) is 0 Å². The summed E-state index contributed by atoms with van der Waals surface area (Å²) in [6, 6.07) is 5.61. The summed E-state index contributed by atoms with van der Waals surface area (Å²) in [4.78, 5) is 14.0. The van der Waals surface area contributed by atoms with Crippen molar-refractivity contribution in [3.8, 4) is 5.75 Å². The average molecular weight is 290 g/mol. The lowest BCUT2D eigenvalue weighted by Crippen LogP contribution is -2.38. The van der Waals surface area contributed by atoms with E-state index in [-0.39, 0.29) is 12.5 Å². The minimum atomic E-state index is 0.0146. The Morgan fingerprint density at radius 2 is 2.05 bits per heavy atom. The van der Waals surface area contributed by atoms with E-state index in [1.807, 2.05) is 30.0 Å². The second-order valence-electron chi connectivity index (χ2n) is 5.42. The van der Waals surface area contributed by atoms with Gasteiger partial charge in [-0.3, -0.25) is 4.79 Å². The molecule has 114 valence electrons. The third-order valence-corrected chi connectivity index (χ3v) is 3.74. The number of hydrogen-bond donors (Lipinski definition) is 1. The van der Waals surface area contributed by atoms with Crippen LogP contribution in [0.1, 0.15) is 37.3 Å². The van der Waals surface area contributed by atoms with E-state index in [0.29, 0.717) is 17.0 Å². The van der Waals surface area contributed by atoms with Crippen LogP contribution in [0.3, 0.4) is 0 Å². The van der Waals surface area contributed by atoms with Crippen molar-refractivity contribution in [3.63, 3.8) is 0 Å². The molecule has 5 nitrogen and oxygen atoms in total. The molecule has 1 aliphatic heterocycles. The van der Waals surface area contributed by atoms with Crippen LogP contribution >= 0.6 is 0 Å². The first kappa shape index (κ1) is 15.4. The predicted molar refractivity (Wildman–Crippen MR) is 81.1 cm³/mol. The van der Waals surface area contributed by atoms with Crippen LogP contribution in [0.25, 0.3) is 0 Å². The molecule has 0 radical (unpaired) electrons. The fraction of sp³-hybridized carbons (Fsp3) is 0.500. The molecular weight excluding hydrogens is 268 g/mol. The van der Waals surface area contributed by atoms with E-state index in [0.717, 1.165) is 31.5 Å². The Morgan fingerprint density at radius 3 is 2.71 bits per heavy atom. The van der Waals surface area contributed by atoms with Crippen molar-refractivity contribution >= 4 is 11.6 Å². The first-order chi connectivity index (χ1) is 10.1. The molecule has 1 aromatic rings. The van der Waals surface area contributed by atoms with Crippen LogP contribution in [0.4, 0.5) is 0 Å². The number of aryl methyl sites for hydroxylation is 1. The maximum absolute atomic E-state index is 12.1. The zero-order valence-corrected chi connectivity index (χ0v) is 12.6. The minimum Gasteiger partial charge on any atom is -0.483 e. The van der Waals surface area contributed by atoms with Gasteiger partial charge in [-0.2, -0.15) is 0 Å². The molecule has 0 atom stereocenters. The van der Waals surface area contributed by atoms with Gasteiger partial charge < -0.3 is 14.8 Å². The number of ether oxygens (including phenoxy) is 1. The quantitative estimate of drug-likeness (QED) is 0.526. The van der Waals surface area contributed by atoms with Crippen LogP contribution in [0.15, 0.2) is 23.4 Å². The van der Waals surface area contributed by atoms with E-state index in [9.17, 15) is 4.79 Å². The Bertz CT molecular complexity index is 534. The molecule has 1 N–H and O–H groups in total. The lowest BCUT2D eigenvalue weighted by atomic mass is 10.1. The highest BCUT2D eigenvalue weighted by molar-refractivity contribution is 6.00. The number of carbonyl (C=O) groups excluding carboxylic acids is 1. The number of rotatable bonds is 4. The number of hydrogen-bond acceptors (Lipinski definition) is 4. The van der Waals surface area contributed by atoms with Crippen molar-refractivity contribution in [3.05, 3.63) is 29.3 Å². The normalized spacial score (nSPS) is 15.9. The average Bonchev–Trinajstić information content (AvgIpc) is 2.52. The van der Waals surface area contributed by atoms with Crippen LogP contribution in [0, 0.1) is 6.92 Å². The van der Waals surface area contributed by atoms with Crippen molar-refractivity contribution in [1.82, 2.24) is 4.90 Å². The van der Waals surface area contributed by atoms with E-state index in [1.54, 1.807) is 6.92 Å². The molecule has 0 aromatic heterocycles. The Hall–Kier alpha value is -2.04. The molecule has 0 saturated carbocycles. The Labute approximate surface area is 125 Å². The van der Waals surface area contributed by atoms with Gasteiger partial charge in [-0.05, 0) is 50.8 Å². The van der Waals surface area contributed by atoms with Crippen molar-refractivity contribution < 1.29 is 14.7 Å². The van der Waals surface area contributed by atoms with Crippen molar-refractivity contribution in [1.29, 1.82) is 0 Å². The Kier molecular flexibility index (Phi) is 5.20. The molecule has 1 heterocycles. The number of carbonyl (C=O) groups is 1. The van der Waals surface area contributed by atoms with Crippen LogP contribution in [-0.2, 0) is 4.79 Å². The molecule has 1 fully saturated rings. The summed E-state index contributed by atoms with van der Waals surface area (Å²) in [5.41, 5.74) is 2.20. The Morgan fingerprint density at radius 1 is 1.33 bits per heavy atom. The second-order valence-corrected chi connectivity index (χ2v) is 5.42. The molecule has 1 aliphatic rings. The summed E-state index contributed by atoms with van der Waals surface area (Å²) in [6.45, 7) is 5.31. The maximum atomic E-state index is 12.1. The van der Waals surface area contributed by atoms with Crippen LogP contribution in [0.2, 0.25) is 0 Å². The fourth-order valence-electron chi connectivity index (χ4n) is 2.48. The van der Waals surface area contributed by atoms with Crippen LogP contribution < -0.4 is 4.74 Å². The van der Waals surface area contributed by atoms with E-state index in [4.69, 9.17) is 9.94 Å². The number of oxime groups is 1. The molecule has 1 amide bonds. The van der Waals surface area contributed by atoms with Crippen molar-refractivity contribution in [2.75, 3.05) is 19.7 Å². The highest BCUT2D eigenvalue weighted by Crippen LogP contribution is 2.21. The van der Waals surface area contributed by atoms with Crippen LogP contribution in [0.5, 0.6) is 5.75 Å². The molecule has 0 spiro atoms. The van der Waals surface area contributed by atoms with Gasteiger partial charge in [0, 0.05) is 18.7 Å². The monoisotopic (exact) mass is 290 g/mol. The highest BCUT2D eigenvalue weighted by atomic mass is 16.5. The smallest absolute Gasteiger partial charge is 0.260 e. The summed E-state index contributed by atoms with van der Waals surface area (Å²) >= 11 is 0. The van der Waals surface area contributed by atoms with Crippen molar-refractivity contribution in [2.24, 2.45) is 5.16 Å². The van der Waals surface area contributed by atoms with Gasteiger partial charge in [0.05, 0.1) is 5.71 Å². The van der Waals surface area contributed by atoms with Gasteiger partial charge in [0.25, 0.3) is 5.91 Å². The van der Waals surface area contributed by atoms with Gasteiger partial charge in [-0.15, -0.1) is 0 Å². The Balaban J connectivity index is 2.05. The number of nitrogens with zero attached hydrogens (tertiary/aromatic N) is 2. The van der Waals surface area contributed by atoms with Gasteiger partial charge >= 0.3 is 0 Å². The lowest BCUT2D eigenvalue weighted by Gasteiger charge is -2.26. The molecule has 21 heavy (non-hydrogen) atoms. The number of amides is 1. The topological polar surface area (TPSA) is 62.1 Å². The molecular formula is C16H22N2O3. The van der Waals surface area contributed by atoms with Gasteiger partial charge in [0.1, 0.15) is 5.75 Å². The molecule has 2 rings (SSSR count). The molecule has 1 saturated heterocycles. The van der Waals surface area contributed by atoms with Gasteiger partial charge in [-0.25, -0.2) is 0 Å². The standard InChI is InChI=1S/C16H22N2O3/c1-12-6-7-14(13(2)17-20)15(10-12)21-11-16(19)18-8-4-3-5-9-18/h6-7,10,20H,3-5,8-9,11H2,1-2H3. The zero-order chi connectivity index (χ0) is 15.2. The van der Waals surface area contributed by atoms with E-state index >= 15 is 0 Å². The van der Waals surface area contributed by atoms with Gasteiger partial charge in [-0.1, -0.05) is 11.2 Å². The van der Waals surface area contributed by atoms with E-state index < -0.39 is 0 Å². The summed E-state index contributed by atoms with van der Waals surface area (Å²) in [7, 11) is 0. The minimum absolute atomic E-state index is 0.0146. The second kappa shape index (κ2) is 7.11. The molecule has 0 aliphatic carbocycles. The van der Waals surface area contributed by atoms with Crippen LogP contribution in [-0.4, -0.2) is 41.4 Å². The van der Waals surface area contributed by atoms with Crippen molar-refractivity contribution in [2.45, 2.75) is 33.1 Å². The largest absolute Gasteiger partial charge is 0.483 e. The van der Waals surface area contributed by atoms with Gasteiger partial charge in [0.15, 0.2) is 6.61 Å². The summed E-state index contributed by atoms with van der Waals surface area (Å²) in [5.74, 6) is 0.594. The summed E-state index contributed by atoms with van der Waals surface area (Å²) in [6.07, 6.45) is 3.33. The number of piperidine rings is 1. The predicted octanol–water partition coefficient (Wildman–Crippen LogP) is 2.58. The maximum Gasteiger partial charge on any atom is 0.260 e. The summed E-state index contributed by atoms with van der Waals surface area (Å²) in [5, 5.41) is 12.1. The SMILES string of the molecule is CC(=NO)c1ccc(C)cc1OCC(=O)N1CCCCC1. The third-order valence-electron chi connectivity index (χ3n) is 3.74. The highest BCUT2D eigenvalue weighted by Gasteiger charge is 2.17. The zero-order valence-electron chi connectivity index (χ0n) is 12.6. The molecule has 0 unspecified atom stereocenters. The van der Waals surface area contributed by atoms with E-state index in [1.165, 1.54) is 6.42 Å². The summed E-state index contributed by atoms with van der Waals surface area (Å²) < 4.78 is 5.67. The molecule has 5 heteroatoms. The fourth-order valence-corrected chi connectivity index (χ4v) is 2.48. The third kappa shape index (κ3) is 3.97. The first-order valence-corrected chi connectivity index (χ1v) is 7.32. The number of likely N-dealkylation sites (tertiary alicyclic amines) is 1. The van der Waals surface area contributed by atoms with E-state index in [2.05, 4.69) is 5.16 Å². The lowest BCUT2D eigenvalue weighted by molar-refractivity contribution is -0.134. The first-order valence-electron chi connectivity index (χ1n) is 7.32. The number of benzene rings is 1. The molecule has 0 bridgehead atoms. The molecule has 1 aromatic carbocycles.